The molecule has 1 aliphatic rings. The van der Waals surface area contributed by atoms with Crippen LogP contribution in [0, 0.1) is 6.92 Å². The molecule has 1 aromatic carbocycles. The third-order valence-electron chi connectivity index (χ3n) is 3.06. The van der Waals surface area contributed by atoms with Crippen molar-refractivity contribution >= 4 is 5.91 Å². The van der Waals surface area contributed by atoms with Gasteiger partial charge >= 0.3 is 0 Å². The molecule has 6 heteroatoms. The summed E-state index contributed by atoms with van der Waals surface area (Å²) in [5.41, 5.74) is 7.57. The van der Waals surface area contributed by atoms with E-state index in [2.05, 4.69) is 5.32 Å². The third-order valence-corrected chi connectivity index (χ3v) is 3.06. The van der Waals surface area contributed by atoms with Crippen molar-refractivity contribution in [3.63, 3.8) is 0 Å². The van der Waals surface area contributed by atoms with Crippen molar-refractivity contribution in [3.8, 4) is 11.5 Å². The smallest absolute Gasteiger partial charge is 0.239 e. The van der Waals surface area contributed by atoms with E-state index in [4.69, 9.17) is 20.3 Å². The summed E-state index contributed by atoms with van der Waals surface area (Å²) in [7, 11) is 0. The zero-order valence-corrected chi connectivity index (χ0v) is 10.8. The maximum Gasteiger partial charge on any atom is 0.239 e. The molecule has 6 nitrogen and oxygen atoms in total. The second-order valence-corrected chi connectivity index (χ2v) is 4.46. The van der Waals surface area contributed by atoms with E-state index in [-0.39, 0.29) is 19.3 Å². The molecule has 1 unspecified atom stereocenters. The molecule has 1 heterocycles. The number of hydrogen-bond acceptors (Lipinski definition) is 5. The van der Waals surface area contributed by atoms with Gasteiger partial charge in [-0.1, -0.05) is 0 Å². The fourth-order valence-corrected chi connectivity index (χ4v) is 1.89. The van der Waals surface area contributed by atoms with Crippen molar-refractivity contribution in [2.45, 2.75) is 19.4 Å². The number of nitrogens with one attached hydrogen (secondary N) is 1. The Labute approximate surface area is 111 Å². The first-order valence-corrected chi connectivity index (χ1v) is 6.15. The predicted octanol–water partition coefficient (Wildman–Crippen LogP) is -0.298. The number of benzene rings is 1. The standard InChI is InChI=1S/C13H18N2O4/c1-8-4-11-12(19-7-18-11)5-9(8)2-3-15-13(17)10(14)6-16/h4-5,10,16H,2-3,6-7,14H2,1H3,(H,15,17). The van der Waals surface area contributed by atoms with Gasteiger partial charge in [0.1, 0.15) is 6.04 Å². The van der Waals surface area contributed by atoms with Crippen LogP contribution in [0.5, 0.6) is 11.5 Å². The fraction of sp³-hybridized carbons (Fsp3) is 0.462. The van der Waals surface area contributed by atoms with E-state index < -0.39 is 6.04 Å². The molecule has 0 saturated carbocycles. The minimum Gasteiger partial charge on any atom is -0.454 e. The van der Waals surface area contributed by atoms with Crippen LogP contribution < -0.4 is 20.5 Å². The van der Waals surface area contributed by atoms with Crippen molar-refractivity contribution in [3.05, 3.63) is 23.3 Å². The zero-order chi connectivity index (χ0) is 13.8. The molecule has 1 amide bonds. The average Bonchev–Trinajstić information content (AvgIpc) is 2.84. The lowest BCUT2D eigenvalue weighted by atomic mass is 10.0. The molecule has 4 N–H and O–H groups in total. The normalized spacial score (nSPS) is 14.3. The van der Waals surface area contributed by atoms with Gasteiger partial charge in [-0.05, 0) is 36.6 Å². The van der Waals surface area contributed by atoms with Crippen molar-refractivity contribution < 1.29 is 19.4 Å². The molecule has 0 spiro atoms. The van der Waals surface area contributed by atoms with E-state index in [0.29, 0.717) is 13.0 Å². The Morgan fingerprint density at radius 2 is 2.16 bits per heavy atom. The summed E-state index contributed by atoms with van der Waals surface area (Å²) in [6.45, 7) is 2.35. The van der Waals surface area contributed by atoms with Crippen molar-refractivity contribution in [2.24, 2.45) is 5.73 Å². The van der Waals surface area contributed by atoms with Gasteiger partial charge < -0.3 is 25.6 Å². The maximum absolute atomic E-state index is 11.4. The van der Waals surface area contributed by atoms with Gasteiger partial charge in [0.05, 0.1) is 6.61 Å². The van der Waals surface area contributed by atoms with Crippen molar-refractivity contribution in [2.75, 3.05) is 19.9 Å². The maximum atomic E-state index is 11.4. The summed E-state index contributed by atoms with van der Waals surface area (Å²) in [5.74, 6) is 1.15. The summed E-state index contributed by atoms with van der Waals surface area (Å²) in [6, 6.07) is 2.99. The van der Waals surface area contributed by atoms with Gasteiger partial charge in [0.2, 0.25) is 12.7 Å². The Hall–Kier alpha value is -1.79. The lowest BCUT2D eigenvalue weighted by Gasteiger charge is -2.11. The number of carbonyl (C=O) groups excluding carboxylic acids is 1. The summed E-state index contributed by atoms with van der Waals surface area (Å²) in [5, 5.41) is 11.4. The number of aryl methyl sites for hydroxylation is 1. The summed E-state index contributed by atoms with van der Waals surface area (Å²) < 4.78 is 10.6. The van der Waals surface area contributed by atoms with Crippen molar-refractivity contribution in [1.82, 2.24) is 5.32 Å². The molecule has 1 atom stereocenters. The third kappa shape index (κ3) is 3.15. The largest absolute Gasteiger partial charge is 0.454 e. The molecule has 1 aromatic rings. The fourth-order valence-electron chi connectivity index (χ4n) is 1.89. The van der Waals surface area contributed by atoms with E-state index in [0.717, 1.165) is 22.6 Å². The SMILES string of the molecule is Cc1cc2c(cc1CCNC(=O)C(N)CO)OCO2. The highest BCUT2D eigenvalue weighted by atomic mass is 16.7. The highest BCUT2D eigenvalue weighted by molar-refractivity contribution is 5.81. The van der Waals surface area contributed by atoms with Gasteiger partial charge in [-0.2, -0.15) is 0 Å². The van der Waals surface area contributed by atoms with Crippen LogP contribution in [0.25, 0.3) is 0 Å². The van der Waals surface area contributed by atoms with Crippen LogP contribution >= 0.6 is 0 Å². The summed E-state index contributed by atoms with van der Waals surface area (Å²) >= 11 is 0. The molecule has 0 bridgehead atoms. The van der Waals surface area contributed by atoms with E-state index in [1.807, 2.05) is 19.1 Å². The molecule has 1 aliphatic heterocycles. The van der Waals surface area contributed by atoms with Gasteiger partial charge in [-0.15, -0.1) is 0 Å². The predicted molar refractivity (Wildman–Crippen MR) is 69.1 cm³/mol. The molecular weight excluding hydrogens is 248 g/mol. The molecule has 0 saturated heterocycles. The number of carbonyl (C=O) groups is 1. The number of fused-ring (bicyclic) bond motifs is 1. The molecular formula is C13H18N2O4. The molecule has 19 heavy (non-hydrogen) atoms. The molecule has 0 radical (unpaired) electrons. The monoisotopic (exact) mass is 266 g/mol. The molecule has 2 rings (SSSR count). The van der Waals surface area contributed by atoms with E-state index in [1.54, 1.807) is 0 Å². The second kappa shape index (κ2) is 5.90. The van der Waals surface area contributed by atoms with Crippen LogP contribution in [0.1, 0.15) is 11.1 Å². The highest BCUT2D eigenvalue weighted by Crippen LogP contribution is 2.34. The number of nitrogens with two attached hydrogens (primary N) is 1. The Morgan fingerprint density at radius 3 is 2.84 bits per heavy atom. The lowest BCUT2D eigenvalue weighted by Crippen LogP contribution is -2.43. The number of rotatable bonds is 5. The first-order chi connectivity index (χ1) is 9.11. The summed E-state index contributed by atoms with van der Waals surface area (Å²) in [4.78, 5) is 11.4. The van der Waals surface area contributed by atoms with Crippen LogP contribution in [-0.2, 0) is 11.2 Å². The highest BCUT2D eigenvalue weighted by Gasteiger charge is 2.16. The number of aliphatic hydroxyl groups is 1. The van der Waals surface area contributed by atoms with Crippen LogP contribution in [0.4, 0.5) is 0 Å². The van der Waals surface area contributed by atoms with Crippen molar-refractivity contribution in [1.29, 1.82) is 0 Å². The van der Waals surface area contributed by atoms with Gasteiger partial charge in [-0.3, -0.25) is 4.79 Å². The molecule has 0 aromatic heterocycles. The topological polar surface area (TPSA) is 93.8 Å². The number of ether oxygens (including phenoxy) is 2. The number of aliphatic hydroxyl groups excluding tert-OH is 1. The molecule has 0 aliphatic carbocycles. The Kier molecular flexibility index (Phi) is 4.24. The van der Waals surface area contributed by atoms with E-state index >= 15 is 0 Å². The quantitative estimate of drug-likeness (QED) is 0.680. The van der Waals surface area contributed by atoms with E-state index in [9.17, 15) is 4.79 Å². The van der Waals surface area contributed by atoms with Gasteiger partial charge in [0.25, 0.3) is 0 Å². The number of amides is 1. The van der Waals surface area contributed by atoms with Crippen LogP contribution in [0.3, 0.4) is 0 Å². The Balaban J connectivity index is 1.91. The Bertz CT molecular complexity index is 476. The first kappa shape index (κ1) is 13.6. The number of hydrogen-bond donors (Lipinski definition) is 3. The van der Waals surface area contributed by atoms with Gasteiger partial charge in [0, 0.05) is 6.54 Å². The summed E-state index contributed by atoms with van der Waals surface area (Å²) in [6.07, 6.45) is 0.673. The first-order valence-electron chi connectivity index (χ1n) is 6.15. The molecule has 0 fully saturated rings. The lowest BCUT2D eigenvalue weighted by molar-refractivity contribution is -0.123. The van der Waals surface area contributed by atoms with Crippen LogP contribution in [0.2, 0.25) is 0 Å². The minimum atomic E-state index is -0.863. The Morgan fingerprint density at radius 1 is 1.47 bits per heavy atom. The van der Waals surface area contributed by atoms with Crippen LogP contribution in [-0.4, -0.2) is 37.0 Å². The zero-order valence-electron chi connectivity index (χ0n) is 10.8. The van der Waals surface area contributed by atoms with E-state index in [1.165, 1.54) is 0 Å². The average molecular weight is 266 g/mol. The van der Waals surface area contributed by atoms with Crippen LogP contribution in [0.15, 0.2) is 12.1 Å². The minimum absolute atomic E-state index is 0.250. The second-order valence-electron chi connectivity index (χ2n) is 4.46. The molecule has 104 valence electrons. The van der Waals surface area contributed by atoms with Gasteiger partial charge in [-0.25, -0.2) is 0 Å². The van der Waals surface area contributed by atoms with Gasteiger partial charge in [0.15, 0.2) is 11.5 Å².